The van der Waals surface area contributed by atoms with Crippen LogP contribution in [0.3, 0.4) is 0 Å². The van der Waals surface area contributed by atoms with Crippen LogP contribution in [-0.2, 0) is 11.2 Å². The van der Waals surface area contributed by atoms with Crippen LogP contribution in [0.4, 0.5) is 4.79 Å². The van der Waals surface area contributed by atoms with Crippen molar-refractivity contribution in [2.45, 2.75) is 18.9 Å². The first kappa shape index (κ1) is 13.9. The fourth-order valence-corrected chi connectivity index (χ4v) is 0.980. The van der Waals surface area contributed by atoms with Gasteiger partial charge in [0.2, 0.25) is 5.89 Å². The molecule has 0 aliphatic carbocycles. The molecule has 18 heavy (non-hydrogen) atoms. The minimum atomic E-state index is -2.00. The molecular weight excluding hydrogens is 244 g/mol. The zero-order chi connectivity index (χ0) is 13.6. The number of amides is 2. The Bertz CT molecular complexity index is 403. The van der Waals surface area contributed by atoms with Gasteiger partial charge < -0.3 is 25.4 Å². The second-order valence-electron chi connectivity index (χ2n) is 3.77. The van der Waals surface area contributed by atoms with Crippen molar-refractivity contribution in [1.29, 1.82) is 0 Å². The van der Waals surface area contributed by atoms with Crippen LogP contribution in [0.25, 0.3) is 0 Å². The van der Waals surface area contributed by atoms with Gasteiger partial charge in [-0.3, -0.25) is 0 Å². The second kappa shape index (κ2) is 5.96. The van der Waals surface area contributed by atoms with E-state index < -0.39 is 24.1 Å². The van der Waals surface area contributed by atoms with E-state index >= 15 is 0 Å². The van der Waals surface area contributed by atoms with E-state index in [2.05, 4.69) is 20.8 Å². The van der Waals surface area contributed by atoms with Gasteiger partial charge in [-0.1, -0.05) is 5.16 Å². The molecule has 0 saturated carbocycles. The van der Waals surface area contributed by atoms with Gasteiger partial charge in [0.05, 0.1) is 6.54 Å². The average Bonchev–Trinajstić information content (AvgIpc) is 2.79. The quantitative estimate of drug-likeness (QED) is 0.500. The van der Waals surface area contributed by atoms with Gasteiger partial charge in [-0.25, -0.2) is 9.59 Å². The zero-order valence-corrected chi connectivity index (χ0v) is 9.71. The van der Waals surface area contributed by atoms with Crippen molar-refractivity contribution >= 4 is 12.0 Å². The second-order valence-corrected chi connectivity index (χ2v) is 3.77. The SMILES string of the molecule is CC(O)(CNC(=O)NCCc1ncno1)C(=O)O. The first-order chi connectivity index (χ1) is 8.42. The minimum Gasteiger partial charge on any atom is -0.479 e. The summed E-state index contributed by atoms with van der Waals surface area (Å²) in [6.07, 6.45) is 1.61. The van der Waals surface area contributed by atoms with Crippen molar-refractivity contribution in [3.8, 4) is 0 Å². The lowest BCUT2D eigenvalue weighted by molar-refractivity contribution is -0.155. The fraction of sp³-hybridized carbons (Fsp3) is 0.556. The minimum absolute atomic E-state index is 0.253. The zero-order valence-electron chi connectivity index (χ0n) is 9.71. The van der Waals surface area contributed by atoms with Gasteiger partial charge in [-0.15, -0.1) is 0 Å². The molecule has 1 unspecified atom stereocenters. The Morgan fingerprint density at radius 3 is 2.78 bits per heavy atom. The number of hydrogen-bond donors (Lipinski definition) is 4. The third kappa shape index (κ3) is 4.37. The average molecular weight is 258 g/mol. The van der Waals surface area contributed by atoms with E-state index in [1.54, 1.807) is 0 Å². The van der Waals surface area contributed by atoms with Crippen LogP contribution in [-0.4, -0.2) is 51.0 Å². The lowest BCUT2D eigenvalue weighted by Gasteiger charge is -2.18. The molecule has 1 atom stereocenters. The predicted octanol–water partition coefficient (Wildman–Crippen LogP) is -1.25. The molecule has 1 aromatic heterocycles. The maximum Gasteiger partial charge on any atom is 0.337 e. The molecule has 9 nitrogen and oxygen atoms in total. The molecule has 4 N–H and O–H groups in total. The van der Waals surface area contributed by atoms with Gasteiger partial charge in [0.15, 0.2) is 11.9 Å². The molecule has 0 bridgehead atoms. The molecular formula is C9H14N4O5. The summed E-state index contributed by atoms with van der Waals surface area (Å²) in [5.41, 5.74) is -2.00. The summed E-state index contributed by atoms with van der Waals surface area (Å²) in [5, 5.41) is 26.0. The Labute approximate surface area is 102 Å². The number of carboxylic acid groups (broad SMARTS) is 1. The van der Waals surface area contributed by atoms with Crippen molar-refractivity contribution in [2.75, 3.05) is 13.1 Å². The maximum atomic E-state index is 11.2. The predicted molar refractivity (Wildman–Crippen MR) is 57.7 cm³/mol. The van der Waals surface area contributed by atoms with Crippen LogP contribution in [0, 0.1) is 0 Å². The Balaban J connectivity index is 2.20. The van der Waals surface area contributed by atoms with E-state index in [9.17, 15) is 14.7 Å². The van der Waals surface area contributed by atoms with Gasteiger partial charge >= 0.3 is 12.0 Å². The maximum absolute atomic E-state index is 11.2. The van der Waals surface area contributed by atoms with Crippen LogP contribution < -0.4 is 10.6 Å². The molecule has 0 saturated heterocycles. The van der Waals surface area contributed by atoms with E-state index in [-0.39, 0.29) is 6.54 Å². The lowest BCUT2D eigenvalue weighted by atomic mass is 10.1. The summed E-state index contributed by atoms with van der Waals surface area (Å²) in [6.45, 7) is 0.950. The van der Waals surface area contributed by atoms with Gasteiger partial charge in [0.25, 0.3) is 0 Å². The summed E-state index contributed by atoms with van der Waals surface area (Å²) < 4.78 is 4.71. The number of nitrogens with one attached hydrogen (secondary N) is 2. The van der Waals surface area contributed by atoms with Crippen LogP contribution in [0.5, 0.6) is 0 Å². The smallest absolute Gasteiger partial charge is 0.337 e. The molecule has 2 amide bonds. The molecule has 1 heterocycles. The molecule has 1 aromatic rings. The van der Waals surface area contributed by atoms with E-state index in [1.165, 1.54) is 6.33 Å². The molecule has 100 valence electrons. The Morgan fingerprint density at radius 1 is 1.50 bits per heavy atom. The molecule has 0 aromatic carbocycles. The van der Waals surface area contributed by atoms with Gasteiger partial charge in [-0.2, -0.15) is 4.98 Å². The number of carboxylic acids is 1. The monoisotopic (exact) mass is 258 g/mol. The lowest BCUT2D eigenvalue weighted by Crippen LogP contribution is -2.49. The largest absolute Gasteiger partial charge is 0.479 e. The van der Waals surface area contributed by atoms with E-state index in [1.807, 2.05) is 0 Å². The molecule has 0 aliphatic rings. The Hall–Kier alpha value is -2.16. The number of nitrogens with zero attached hydrogens (tertiary/aromatic N) is 2. The topological polar surface area (TPSA) is 138 Å². The number of aromatic nitrogens is 2. The molecule has 0 fully saturated rings. The van der Waals surface area contributed by atoms with Crippen molar-refractivity contribution in [1.82, 2.24) is 20.8 Å². The van der Waals surface area contributed by atoms with Crippen molar-refractivity contribution in [3.63, 3.8) is 0 Å². The fourth-order valence-electron chi connectivity index (χ4n) is 0.980. The highest BCUT2D eigenvalue weighted by molar-refractivity contribution is 5.79. The third-order valence-electron chi connectivity index (χ3n) is 2.09. The van der Waals surface area contributed by atoms with Gasteiger partial charge in [0, 0.05) is 13.0 Å². The molecule has 9 heteroatoms. The van der Waals surface area contributed by atoms with Gasteiger partial charge in [0.1, 0.15) is 0 Å². The van der Waals surface area contributed by atoms with Crippen LogP contribution in [0.2, 0.25) is 0 Å². The van der Waals surface area contributed by atoms with E-state index in [4.69, 9.17) is 9.63 Å². The number of urea groups is 1. The van der Waals surface area contributed by atoms with Crippen LogP contribution in [0.1, 0.15) is 12.8 Å². The number of rotatable bonds is 6. The van der Waals surface area contributed by atoms with Crippen LogP contribution in [0.15, 0.2) is 10.9 Å². The van der Waals surface area contributed by atoms with Crippen molar-refractivity contribution in [3.05, 3.63) is 12.2 Å². The summed E-state index contributed by atoms with van der Waals surface area (Å²) in [7, 11) is 0. The van der Waals surface area contributed by atoms with Gasteiger partial charge in [-0.05, 0) is 6.92 Å². The third-order valence-corrected chi connectivity index (χ3v) is 2.09. The Morgan fingerprint density at radius 2 is 2.22 bits per heavy atom. The molecule has 1 rings (SSSR count). The first-order valence-electron chi connectivity index (χ1n) is 5.15. The highest BCUT2D eigenvalue weighted by Crippen LogP contribution is 2.00. The number of aliphatic hydroxyl groups is 1. The van der Waals surface area contributed by atoms with Crippen LogP contribution >= 0.6 is 0 Å². The number of carbonyl (C=O) groups is 2. The number of hydrogen-bond acceptors (Lipinski definition) is 6. The highest BCUT2D eigenvalue weighted by atomic mass is 16.5. The summed E-state index contributed by atoms with van der Waals surface area (Å²) in [5.74, 6) is -1.03. The van der Waals surface area contributed by atoms with Crippen molar-refractivity contribution < 1.29 is 24.3 Å². The van der Waals surface area contributed by atoms with Crippen molar-refractivity contribution in [2.24, 2.45) is 0 Å². The Kier molecular flexibility index (Phi) is 4.60. The number of carbonyl (C=O) groups excluding carboxylic acids is 1. The number of aliphatic carboxylic acids is 1. The highest BCUT2D eigenvalue weighted by Gasteiger charge is 2.30. The summed E-state index contributed by atoms with van der Waals surface area (Å²) >= 11 is 0. The molecule has 0 spiro atoms. The first-order valence-corrected chi connectivity index (χ1v) is 5.15. The molecule has 0 aliphatic heterocycles. The standard InChI is InChI=1S/C9H14N4O5/c1-9(17,7(14)15)4-11-8(16)10-3-2-6-12-5-13-18-6/h5,17H,2-4H2,1H3,(H,14,15)(H2,10,11,16). The van der Waals surface area contributed by atoms with E-state index in [0.29, 0.717) is 12.3 Å². The molecule has 0 radical (unpaired) electrons. The van der Waals surface area contributed by atoms with E-state index in [0.717, 1.165) is 6.92 Å². The normalized spacial score (nSPS) is 13.7. The summed E-state index contributed by atoms with van der Waals surface area (Å²) in [6, 6.07) is -0.587. The summed E-state index contributed by atoms with van der Waals surface area (Å²) in [4.78, 5) is 25.6.